The summed E-state index contributed by atoms with van der Waals surface area (Å²) in [5.74, 6) is 1.92. The van der Waals surface area contributed by atoms with E-state index in [-0.39, 0.29) is 42.0 Å². The molecule has 4 aliphatic heterocycles. The smallest absolute Gasteiger partial charge is 0.411 e. The maximum atomic E-state index is 16.3. The molecule has 2 saturated carbocycles. The van der Waals surface area contributed by atoms with Crippen molar-refractivity contribution in [3.05, 3.63) is 82.9 Å². The topological polar surface area (TPSA) is 105 Å². The Hall–Kier alpha value is -4.71. The van der Waals surface area contributed by atoms with E-state index in [4.69, 9.17) is 14.7 Å². The Morgan fingerprint density at radius 3 is 2.02 bits per heavy atom. The van der Waals surface area contributed by atoms with Gasteiger partial charge in [0.05, 0.1) is 46.2 Å². The number of nitrogens with zero attached hydrogens (tertiary/aromatic N) is 5. The number of nitrogens with one attached hydrogen (secondary N) is 3. The second-order valence-corrected chi connectivity index (χ2v) is 19.8. The van der Waals surface area contributed by atoms with E-state index in [0.717, 1.165) is 115 Å². The average Bonchev–Trinajstić information content (AvgIpc) is 4.06. The molecule has 6 heterocycles. The lowest BCUT2D eigenvalue weighted by Gasteiger charge is -2.35. The minimum absolute atomic E-state index is 0.0877. The third kappa shape index (κ3) is 6.72. The Balaban J connectivity index is 0.937. The van der Waals surface area contributed by atoms with Crippen LogP contribution < -0.4 is 15.1 Å². The molecular formula is C48H58F2N8O2. The number of amides is 1. The van der Waals surface area contributed by atoms with E-state index in [0.29, 0.717) is 30.7 Å². The van der Waals surface area contributed by atoms with E-state index < -0.39 is 17.2 Å². The number of aromatic amines is 2. The molecular weight excluding hydrogens is 759 g/mol. The Morgan fingerprint density at radius 1 is 0.717 bits per heavy atom. The van der Waals surface area contributed by atoms with E-state index in [1.807, 2.05) is 36.6 Å². The molecule has 6 fully saturated rings. The summed E-state index contributed by atoms with van der Waals surface area (Å²) in [5.41, 5.74) is 5.84. The number of halogens is 2. The summed E-state index contributed by atoms with van der Waals surface area (Å²) >= 11 is 0. The zero-order chi connectivity index (χ0) is 40.9. The second kappa shape index (κ2) is 14.7. The van der Waals surface area contributed by atoms with Crippen molar-refractivity contribution in [3.63, 3.8) is 0 Å². The predicted octanol–water partition coefficient (Wildman–Crippen LogP) is 10.8. The number of anilines is 2. The highest BCUT2D eigenvalue weighted by molar-refractivity contribution is 5.78. The third-order valence-electron chi connectivity index (χ3n) is 14.9. The van der Waals surface area contributed by atoms with Crippen LogP contribution in [0.25, 0.3) is 22.1 Å². The van der Waals surface area contributed by atoms with Crippen LogP contribution in [-0.2, 0) is 4.74 Å². The first-order chi connectivity index (χ1) is 29.0. The monoisotopic (exact) mass is 816 g/mol. The van der Waals surface area contributed by atoms with Crippen molar-refractivity contribution in [2.75, 3.05) is 22.9 Å². The van der Waals surface area contributed by atoms with Crippen LogP contribution in [0.2, 0.25) is 0 Å². The summed E-state index contributed by atoms with van der Waals surface area (Å²) in [6, 6.07) is 16.4. The van der Waals surface area contributed by atoms with Gasteiger partial charge in [0, 0.05) is 30.9 Å². The zero-order valence-electron chi connectivity index (χ0n) is 35.2. The van der Waals surface area contributed by atoms with Gasteiger partial charge in [-0.25, -0.2) is 23.5 Å². The lowest BCUT2D eigenvalue weighted by Crippen LogP contribution is -2.41. The fourth-order valence-electron chi connectivity index (χ4n) is 12.2. The van der Waals surface area contributed by atoms with Gasteiger partial charge in [0.25, 0.3) is 0 Å². The number of aromatic nitrogens is 4. The molecule has 11 rings (SSSR count). The number of carbonyl (C=O) groups is 1. The number of H-pyrrole nitrogens is 2. The number of imidazole rings is 2. The van der Waals surface area contributed by atoms with Crippen molar-refractivity contribution in [3.8, 4) is 0 Å². The molecule has 60 heavy (non-hydrogen) atoms. The molecule has 5 aromatic rings. The maximum Gasteiger partial charge on any atom is 0.411 e. The van der Waals surface area contributed by atoms with Crippen molar-refractivity contribution in [1.29, 1.82) is 0 Å². The number of ether oxygens (including phenoxy) is 1. The third-order valence-corrected chi connectivity index (χ3v) is 14.9. The largest absolute Gasteiger partial charge is 0.444 e. The summed E-state index contributed by atoms with van der Waals surface area (Å²) < 4.78 is 38.5. The second-order valence-electron chi connectivity index (χ2n) is 19.8. The van der Waals surface area contributed by atoms with Crippen molar-refractivity contribution >= 4 is 39.5 Å². The molecule has 0 spiro atoms. The van der Waals surface area contributed by atoms with Crippen LogP contribution >= 0.6 is 0 Å². The van der Waals surface area contributed by atoms with E-state index in [1.54, 1.807) is 12.1 Å². The molecule has 6 aliphatic rings. The van der Waals surface area contributed by atoms with Gasteiger partial charge in [-0.1, -0.05) is 25.0 Å². The molecule has 8 atom stereocenters. The van der Waals surface area contributed by atoms with Gasteiger partial charge in [0.15, 0.2) is 11.6 Å². The quantitative estimate of drug-likeness (QED) is 0.157. The van der Waals surface area contributed by atoms with Gasteiger partial charge < -0.3 is 29.8 Å². The molecule has 3 aromatic carbocycles. The van der Waals surface area contributed by atoms with Crippen LogP contribution in [0.15, 0.2) is 48.5 Å². The van der Waals surface area contributed by atoms with Crippen LogP contribution in [0.5, 0.6) is 0 Å². The molecule has 12 heteroatoms. The van der Waals surface area contributed by atoms with Crippen molar-refractivity contribution in [2.24, 2.45) is 11.8 Å². The van der Waals surface area contributed by atoms with Gasteiger partial charge in [0.2, 0.25) is 0 Å². The number of fused-ring (bicyclic) bond motifs is 4. The van der Waals surface area contributed by atoms with E-state index in [2.05, 4.69) is 50.5 Å². The lowest BCUT2D eigenvalue weighted by atomic mass is 10.0. The van der Waals surface area contributed by atoms with Gasteiger partial charge >= 0.3 is 6.09 Å². The summed E-state index contributed by atoms with van der Waals surface area (Å²) in [4.78, 5) is 37.2. The minimum atomic E-state index is -0.592. The van der Waals surface area contributed by atoms with Crippen LogP contribution in [0.1, 0.15) is 151 Å². The molecule has 0 radical (unpaired) electrons. The standard InChI is InChI=1S/C48H58F2N8O2/c1-48(2,3)60-47(59)58-40-12-8-10-28(40)24-43(58)46-53-36-16-14-30(23-38(36)55-46)42-18-17-41(57(42)31-25-32(49)44(33(50)26-31)56-19-5-4-6-20-56)29-13-15-35-37(22-29)54-45(52-35)39-21-27-9-7-11-34(27)51-39/h13-16,22-23,25-28,34,39-43,51H,4-12,17-21,24H2,1-3H3,(H,52,54)(H,53,55)/t27-,28-,34-,39?,40-,41+,42+,43-/m0/s1. The zero-order valence-corrected chi connectivity index (χ0v) is 35.2. The average molecular weight is 817 g/mol. The molecule has 10 nitrogen and oxygen atoms in total. The first-order valence-electron chi connectivity index (χ1n) is 22.8. The van der Waals surface area contributed by atoms with Gasteiger partial charge in [-0.3, -0.25) is 4.90 Å². The Morgan fingerprint density at radius 2 is 1.35 bits per heavy atom. The summed E-state index contributed by atoms with van der Waals surface area (Å²) in [5, 5.41) is 3.84. The number of benzene rings is 3. The summed E-state index contributed by atoms with van der Waals surface area (Å²) in [6.45, 7) is 7.07. The molecule has 1 unspecified atom stereocenters. The van der Waals surface area contributed by atoms with Gasteiger partial charge in [-0.2, -0.15) is 0 Å². The van der Waals surface area contributed by atoms with Crippen molar-refractivity contribution < 1.29 is 18.3 Å². The first-order valence-corrected chi connectivity index (χ1v) is 22.8. The summed E-state index contributed by atoms with van der Waals surface area (Å²) in [7, 11) is 0. The lowest BCUT2D eigenvalue weighted by molar-refractivity contribution is 0.0130. The maximum absolute atomic E-state index is 16.3. The van der Waals surface area contributed by atoms with E-state index in [9.17, 15) is 4.79 Å². The number of piperidine rings is 1. The molecule has 2 aliphatic carbocycles. The Kier molecular flexibility index (Phi) is 9.39. The Bertz CT molecular complexity index is 2400. The number of likely N-dealkylation sites (tertiary alicyclic amines) is 1. The van der Waals surface area contributed by atoms with Crippen LogP contribution in [0.4, 0.5) is 25.0 Å². The number of carbonyl (C=O) groups excluding carboxylic acids is 1. The number of hydrogen-bond acceptors (Lipinski definition) is 7. The first kappa shape index (κ1) is 38.2. The number of rotatable bonds is 6. The number of hydrogen-bond donors (Lipinski definition) is 3. The Labute approximate surface area is 350 Å². The normalized spacial score (nSPS) is 29.3. The van der Waals surface area contributed by atoms with E-state index >= 15 is 8.78 Å². The van der Waals surface area contributed by atoms with Gasteiger partial charge in [0.1, 0.15) is 22.9 Å². The summed E-state index contributed by atoms with van der Waals surface area (Å²) in [6.07, 6.45) is 13.3. The SMILES string of the molecule is CC(C)(C)OC(=O)N1[C@H](c2nc3ccc([C@H]4CC[C@H](c5ccc6nc(C7C[C@@H]8CCC[C@@H]8N7)[nH]c6c5)N4c4cc(F)c(N5CCCCC5)c(F)c4)cc3[nH]2)C[C@@H]2CCC[C@@H]21. The van der Waals surface area contributed by atoms with Crippen LogP contribution in [0.3, 0.4) is 0 Å². The predicted molar refractivity (Wildman–Crippen MR) is 230 cm³/mol. The van der Waals surface area contributed by atoms with Gasteiger partial charge in [-0.05, 0) is 151 Å². The minimum Gasteiger partial charge on any atom is -0.444 e. The molecule has 1 amide bonds. The van der Waals surface area contributed by atoms with Gasteiger partial charge in [-0.15, -0.1) is 0 Å². The highest BCUT2D eigenvalue weighted by Gasteiger charge is 2.49. The van der Waals surface area contributed by atoms with E-state index in [1.165, 1.54) is 19.3 Å². The van der Waals surface area contributed by atoms with Crippen molar-refractivity contribution in [1.82, 2.24) is 30.2 Å². The fourth-order valence-corrected chi connectivity index (χ4v) is 12.2. The molecule has 0 bridgehead atoms. The van der Waals surface area contributed by atoms with Crippen LogP contribution in [-0.4, -0.2) is 61.7 Å². The molecule has 3 N–H and O–H groups in total. The van der Waals surface area contributed by atoms with Crippen LogP contribution in [0, 0.1) is 23.5 Å². The highest BCUT2D eigenvalue weighted by Crippen LogP contribution is 2.50. The van der Waals surface area contributed by atoms with Crippen molar-refractivity contribution in [2.45, 2.75) is 146 Å². The molecule has 2 aromatic heterocycles. The highest BCUT2D eigenvalue weighted by atomic mass is 19.1. The fraction of sp³-hybridized carbons (Fsp3) is 0.562. The molecule has 316 valence electrons. The molecule has 4 saturated heterocycles.